The maximum Gasteiger partial charge on any atom is 0.224 e. The van der Waals surface area contributed by atoms with E-state index >= 15 is 0 Å². The Morgan fingerprint density at radius 2 is 2.21 bits per heavy atom. The summed E-state index contributed by atoms with van der Waals surface area (Å²) < 4.78 is 5.41. The van der Waals surface area contributed by atoms with E-state index < -0.39 is 0 Å². The summed E-state index contributed by atoms with van der Waals surface area (Å²) in [5.74, 6) is 1.82. The van der Waals surface area contributed by atoms with E-state index in [1.165, 1.54) is 6.42 Å². The molecule has 1 amide bonds. The van der Waals surface area contributed by atoms with Crippen molar-refractivity contribution >= 4 is 5.91 Å². The Hall–Kier alpha value is -0.610. The highest BCUT2D eigenvalue weighted by Gasteiger charge is 2.24. The van der Waals surface area contributed by atoms with Crippen molar-refractivity contribution in [1.29, 1.82) is 0 Å². The van der Waals surface area contributed by atoms with Crippen LogP contribution in [0.25, 0.3) is 0 Å². The average molecular weight is 268 g/mol. The van der Waals surface area contributed by atoms with E-state index in [4.69, 9.17) is 4.74 Å². The molecule has 2 aliphatic rings. The molecule has 0 bridgehead atoms. The molecule has 2 fully saturated rings. The SMILES string of the molecule is CC(C)C1CCCN(C(=O)CC2COCCN2)CC1. The highest BCUT2D eigenvalue weighted by Crippen LogP contribution is 2.24. The Balaban J connectivity index is 1.78. The van der Waals surface area contributed by atoms with Gasteiger partial charge >= 0.3 is 0 Å². The number of ether oxygens (including phenoxy) is 1. The smallest absolute Gasteiger partial charge is 0.224 e. The second kappa shape index (κ2) is 7.25. The molecule has 4 nitrogen and oxygen atoms in total. The Morgan fingerprint density at radius 3 is 2.89 bits per heavy atom. The summed E-state index contributed by atoms with van der Waals surface area (Å²) in [7, 11) is 0. The normalized spacial score (nSPS) is 29.3. The summed E-state index contributed by atoms with van der Waals surface area (Å²) in [5, 5.41) is 3.36. The van der Waals surface area contributed by atoms with Gasteiger partial charge in [-0.05, 0) is 31.1 Å². The van der Waals surface area contributed by atoms with Crippen LogP contribution < -0.4 is 5.32 Å². The third-order valence-corrected chi connectivity index (χ3v) is 4.49. The van der Waals surface area contributed by atoms with E-state index in [1.807, 2.05) is 0 Å². The zero-order valence-electron chi connectivity index (χ0n) is 12.4. The molecule has 2 heterocycles. The number of rotatable bonds is 3. The number of morpholine rings is 1. The maximum atomic E-state index is 12.3. The van der Waals surface area contributed by atoms with Crippen molar-refractivity contribution in [3.05, 3.63) is 0 Å². The molecule has 2 rings (SSSR count). The second-order valence-electron chi connectivity index (χ2n) is 6.25. The molecule has 19 heavy (non-hydrogen) atoms. The van der Waals surface area contributed by atoms with Gasteiger partial charge in [-0.2, -0.15) is 0 Å². The highest BCUT2D eigenvalue weighted by molar-refractivity contribution is 5.76. The molecule has 2 saturated heterocycles. The Kier molecular flexibility index (Phi) is 5.64. The van der Waals surface area contributed by atoms with Crippen LogP contribution in [0.2, 0.25) is 0 Å². The van der Waals surface area contributed by atoms with Crippen LogP contribution in [0, 0.1) is 11.8 Å². The van der Waals surface area contributed by atoms with Crippen LogP contribution in [0.1, 0.15) is 39.5 Å². The molecule has 2 aliphatic heterocycles. The van der Waals surface area contributed by atoms with E-state index in [0.29, 0.717) is 18.9 Å². The molecule has 0 spiro atoms. The van der Waals surface area contributed by atoms with Gasteiger partial charge in [0.15, 0.2) is 0 Å². The van der Waals surface area contributed by atoms with Crippen LogP contribution in [0.5, 0.6) is 0 Å². The minimum Gasteiger partial charge on any atom is -0.378 e. The van der Waals surface area contributed by atoms with Crippen molar-refractivity contribution in [3.8, 4) is 0 Å². The van der Waals surface area contributed by atoms with Crippen molar-refractivity contribution in [1.82, 2.24) is 10.2 Å². The predicted molar refractivity (Wildman–Crippen MR) is 76.0 cm³/mol. The third-order valence-electron chi connectivity index (χ3n) is 4.49. The molecule has 0 aromatic carbocycles. The van der Waals surface area contributed by atoms with E-state index in [9.17, 15) is 4.79 Å². The summed E-state index contributed by atoms with van der Waals surface area (Å²) >= 11 is 0. The fraction of sp³-hybridized carbons (Fsp3) is 0.933. The number of carbonyl (C=O) groups excluding carboxylic acids is 1. The van der Waals surface area contributed by atoms with E-state index in [-0.39, 0.29) is 6.04 Å². The van der Waals surface area contributed by atoms with E-state index in [2.05, 4.69) is 24.1 Å². The topological polar surface area (TPSA) is 41.6 Å². The largest absolute Gasteiger partial charge is 0.378 e. The number of hydrogen-bond donors (Lipinski definition) is 1. The first-order chi connectivity index (χ1) is 9.16. The first-order valence-electron chi connectivity index (χ1n) is 7.75. The summed E-state index contributed by atoms with van der Waals surface area (Å²) in [4.78, 5) is 14.4. The van der Waals surface area contributed by atoms with Crippen LogP contribution in [0.15, 0.2) is 0 Å². The minimum atomic E-state index is 0.213. The monoisotopic (exact) mass is 268 g/mol. The molecule has 4 heteroatoms. The average Bonchev–Trinajstić information content (AvgIpc) is 2.65. The molecular weight excluding hydrogens is 240 g/mol. The molecule has 2 unspecified atom stereocenters. The number of nitrogens with one attached hydrogen (secondary N) is 1. The number of hydrogen-bond acceptors (Lipinski definition) is 3. The summed E-state index contributed by atoms with van der Waals surface area (Å²) in [6, 6.07) is 0.213. The van der Waals surface area contributed by atoms with Crippen LogP contribution in [0.4, 0.5) is 0 Å². The fourth-order valence-electron chi connectivity index (χ4n) is 3.13. The lowest BCUT2D eigenvalue weighted by molar-refractivity contribution is -0.132. The Bertz CT molecular complexity index is 288. The second-order valence-corrected chi connectivity index (χ2v) is 6.25. The fourth-order valence-corrected chi connectivity index (χ4v) is 3.13. The predicted octanol–water partition coefficient (Wildman–Crippen LogP) is 1.65. The Labute approximate surface area is 116 Å². The van der Waals surface area contributed by atoms with Crippen LogP contribution in [-0.4, -0.2) is 49.7 Å². The van der Waals surface area contributed by atoms with Crippen LogP contribution >= 0.6 is 0 Å². The molecule has 0 aromatic rings. The summed E-state index contributed by atoms with van der Waals surface area (Å²) in [5.41, 5.74) is 0. The van der Waals surface area contributed by atoms with Gasteiger partial charge in [0.2, 0.25) is 5.91 Å². The first kappa shape index (κ1) is 14.8. The molecule has 0 aliphatic carbocycles. The van der Waals surface area contributed by atoms with E-state index in [1.54, 1.807) is 0 Å². The molecule has 0 radical (unpaired) electrons. The minimum absolute atomic E-state index is 0.213. The molecule has 110 valence electrons. The lowest BCUT2D eigenvalue weighted by Gasteiger charge is -2.27. The molecule has 2 atom stereocenters. The third kappa shape index (κ3) is 4.46. The van der Waals surface area contributed by atoms with Gasteiger partial charge < -0.3 is 15.0 Å². The van der Waals surface area contributed by atoms with Crippen molar-refractivity contribution in [2.75, 3.05) is 32.8 Å². The van der Waals surface area contributed by atoms with Gasteiger partial charge in [0.05, 0.1) is 13.2 Å². The van der Waals surface area contributed by atoms with Gasteiger partial charge in [-0.25, -0.2) is 0 Å². The van der Waals surface area contributed by atoms with Gasteiger partial charge in [0.25, 0.3) is 0 Å². The first-order valence-corrected chi connectivity index (χ1v) is 7.75. The number of carbonyl (C=O) groups is 1. The van der Waals surface area contributed by atoms with Crippen molar-refractivity contribution < 1.29 is 9.53 Å². The van der Waals surface area contributed by atoms with Gasteiger partial charge in [0, 0.05) is 32.1 Å². The lowest BCUT2D eigenvalue weighted by atomic mass is 9.89. The van der Waals surface area contributed by atoms with Crippen LogP contribution in [-0.2, 0) is 9.53 Å². The van der Waals surface area contributed by atoms with Crippen molar-refractivity contribution in [3.63, 3.8) is 0 Å². The van der Waals surface area contributed by atoms with Crippen LogP contribution in [0.3, 0.4) is 0 Å². The lowest BCUT2D eigenvalue weighted by Crippen LogP contribution is -2.45. The number of nitrogens with zero attached hydrogens (tertiary/aromatic N) is 1. The van der Waals surface area contributed by atoms with Gasteiger partial charge in [-0.15, -0.1) is 0 Å². The summed E-state index contributed by atoms with van der Waals surface area (Å²) in [6.07, 6.45) is 4.18. The molecule has 0 aromatic heterocycles. The van der Waals surface area contributed by atoms with Crippen molar-refractivity contribution in [2.24, 2.45) is 11.8 Å². The Morgan fingerprint density at radius 1 is 1.37 bits per heavy atom. The summed E-state index contributed by atoms with van der Waals surface area (Å²) in [6.45, 7) is 8.79. The quantitative estimate of drug-likeness (QED) is 0.846. The number of amides is 1. The molecule has 0 saturated carbocycles. The number of likely N-dealkylation sites (tertiary alicyclic amines) is 1. The molecule has 1 N–H and O–H groups in total. The standard InChI is InChI=1S/C15H28N2O2/c1-12(2)13-4-3-7-17(8-5-13)15(18)10-14-11-19-9-6-16-14/h12-14,16H,3-11H2,1-2H3. The highest BCUT2D eigenvalue weighted by atomic mass is 16.5. The van der Waals surface area contributed by atoms with E-state index in [0.717, 1.165) is 50.9 Å². The molecular formula is C15H28N2O2. The zero-order chi connectivity index (χ0) is 13.7. The van der Waals surface area contributed by atoms with Gasteiger partial charge in [-0.3, -0.25) is 4.79 Å². The van der Waals surface area contributed by atoms with Crippen molar-refractivity contribution in [2.45, 2.75) is 45.6 Å². The maximum absolute atomic E-state index is 12.3. The van der Waals surface area contributed by atoms with Gasteiger partial charge in [-0.1, -0.05) is 13.8 Å². The zero-order valence-corrected chi connectivity index (χ0v) is 12.4. The van der Waals surface area contributed by atoms with Gasteiger partial charge in [0.1, 0.15) is 0 Å².